The van der Waals surface area contributed by atoms with E-state index in [1.807, 2.05) is 12.1 Å². The van der Waals surface area contributed by atoms with Crippen molar-refractivity contribution >= 4 is 27.5 Å². The van der Waals surface area contributed by atoms with Gasteiger partial charge in [-0.3, -0.25) is 0 Å². The van der Waals surface area contributed by atoms with Crippen LogP contribution in [0.1, 0.15) is 12.0 Å². The monoisotopic (exact) mass is 232 g/mol. The lowest BCUT2D eigenvalue weighted by Gasteiger charge is -1.98. The summed E-state index contributed by atoms with van der Waals surface area (Å²) in [6.07, 6.45) is 2.13. The zero-order chi connectivity index (χ0) is 8.10. The van der Waals surface area contributed by atoms with Crippen molar-refractivity contribution in [3.05, 3.63) is 34.3 Å². The third kappa shape index (κ3) is 3.26. The summed E-state index contributed by atoms with van der Waals surface area (Å²) >= 11 is 9.00. The molecule has 0 saturated carbocycles. The maximum Gasteiger partial charge on any atom is 0.0226 e. The van der Waals surface area contributed by atoms with E-state index in [4.69, 9.17) is 11.6 Å². The van der Waals surface area contributed by atoms with E-state index in [-0.39, 0.29) is 0 Å². The van der Waals surface area contributed by atoms with Gasteiger partial charge in [0.2, 0.25) is 0 Å². The van der Waals surface area contributed by atoms with Crippen molar-refractivity contribution in [1.29, 1.82) is 0 Å². The molecule has 1 aromatic carbocycles. The summed E-state index contributed by atoms with van der Waals surface area (Å²) in [5, 5.41) is 0. The molecule has 0 aromatic heterocycles. The molecular weight excluding hydrogens is 223 g/mol. The van der Waals surface area contributed by atoms with E-state index in [1.54, 1.807) is 0 Å². The highest BCUT2D eigenvalue weighted by molar-refractivity contribution is 9.10. The molecule has 11 heavy (non-hydrogen) atoms. The van der Waals surface area contributed by atoms with Crippen LogP contribution in [0.25, 0.3) is 0 Å². The van der Waals surface area contributed by atoms with Crippen molar-refractivity contribution in [2.75, 3.05) is 5.88 Å². The van der Waals surface area contributed by atoms with Crippen molar-refractivity contribution < 1.29 is 0 Å². The molecule has 0 radical (unpaired) electrons. The van der Waals surface area contributed by atoms with Crippen molar-refractivity contribution in [3.63, 3.8) is 0 Å². The van der Waals surface area contributed by atoms with Gasteiger partial charge in [-0.25, -0.2) is 0 Å². The van der Waals surface area contributed by atoms with Crippen LogP contribution in [0, 0.1) is 0 Å². The molecule has 2 heteroatoms. The molecule has 0 spiro atoms. The van der Waals surface area contributed by atoms with Gasteiger partial charge in [0.15, 0.2) is 0 Å². The van der Waals surface area contributed by atoms with Gasteiger partial charge in [-0.1, -0.05) is 28.1 Å². The smallest absolute Gasteiger partial charge is 0.0226 e. The molecule has 0 N–H and O–H groups in total. The maximum atomic E-state index is 5.58. The largest absolute Gasteiger partial charge is 0.127 e. The summed E-state index contributed by atoms with van der Waals surface area (Å²) in [7, 11) is 0. The molecule has 1 aromatic rings. The third-order valence-electron chi connectivity index (χ3n) is 1.49. The summed E-state index contributed by atoms with van der Waals surface area (Å²) in [6, 6.07) is 8.34. The summed E-state index contributed by atoms with van der Waals surface area (Å²) in [4.78, 5) is 0. The molecule has 60 valence electrons. The van der Waals surface area contributed by atoms with E-state index in [0.717, 1.165) is 23.2 Å². The topological polar surface area (TPSA) is 0 Å². The lowest BCUT2D eigenvalue weighted by Crippen LogP contribution is -1.85. The SMILES string of the molecule is ClCCCc1cccc(Br)c1. The van der Waals surface area contributed by atoms with Gasteiger partial charge in [-0.05, 0) is 30.5 Å². The molecule has 0 aliphatic rings. The summed E-state index contributed by atoms with van der Waals surface area (Å²) in [6.45, 7) is 0. The van der Waals surface area contributed by atoms with Crippen LogP contribution in [0.15, 0.2) is 28.7 Å². The molecule has 0 bridgehead atoms. The lowest BCUT2D eigenvalue weighted by atomic mass is 10.1. The van der Waals surface area contributed by atoms with E-state index in [2.05, 4.69) is 28.1 Å². The quantitative estimate of drug-likeness (QED) is 0.700. The average molecular weight is 234 g/mol. The van der Waals surface area contributed by atoms with Crippen molar-refractivity contribution in [2.45, 2.75) is 12.8 Å². The molecular formula is C9H10BrCl. The first-order valence-electron chi connectivity index (χ1n) is 3.63. The summed E-state index contributed by atoms with van der Waals surface area (Å²) < 4.78 is 1.14. The van der Waals surface area contributed by atoms with Gasteiger partial charge in [-0.2, -0.15) is 0 Å². The molecule has 0 saturated heterocycles. The second-order valence-corrected chi connectivity index (χ2v) is 3.72. The van der Waals surface area contributed by atoms with Gasteiger partial charge in [0, 0.05) is 10.4 Å². The predicted octanol–water partition coefficient (Wildman–Crippen LogP) is 3.62. The van der Waals surface area contributed by atoms with Gasteiger partial charge in [0.25, 0.3) is 0 Å². The summed E-state index contributed by atoms with van der Waals surface area (Å²) in [5.41, 5.74) is 1.35. The Morgan fingerprint density at radius 2 is 2.18 bits per heavy atom. The Kier molecular flexibility index (Phi) is 3.95. The molecule has 1 rings (SSSR count). The predicted molar refractivity (Wildman–Crippen MR) is 53.2 cm³/mol. The number of halogens is 2. The first kappa shape index (κ1) is 9.08. The Morgan fingerprint density at radius 3 is 2.82 bits per heavy atom. The van der Waals surface area contributed by atoms with E-state index in [0.29, 0.717) is 0 Å². The van der Waals surface area contributed by atoms with Gasteiger partial charge >= 0.3 is 0 Å². The van der Waals surface area contributed by atoms with Crippen LogP contribution in [0.3, 0.4) is 0 Å². The van der Waals surface area contributed by atoms with E-state index >= 15 is 0 Å². The maximum absolute atomic E-state index is 5.58. The van der Waals surface area contributed by atoms with Gasteiger partial charge < -0.3 is 0 Å². The molecule has 0 nitrogen and oxygen atoms in total. The Balaban J connectivity index is 2.56. The van der Waals surface area contributed by atoms with E-state index in [9.17, 15) is 0 Å². The second kappa shape index (κ2) is 4.78. The molecule has 0 fully saturated rings. The molecule has 0 heterocycles. The minimum Gasteiger partial charge on any atom is -0.127 e. The lowest BCUT2D eigenvalue weighted by molar-refractivity contribution is 0.928. The van der Waals surface area contributed by atoms with Crippen LogP contribution in [0.2, 0.25) is 0 Å². The number of benzene rings is 1. The molecule has 0 amide bonds. The zero-order valence-electron chi connectivity index (χ0n) is 6.19. The van der Waals surface area contributed by atoms with Crippen molar-refractivity contribution in [1.82, 2.24) is 0 Å². The van der Waals surface area contributed by atoms with Crippen LogP contribution in [0.5, 0.6) is 0 Å². The molecule has 0 aliphatic carbocycles. The third-order valence-corrected chi connectivity index (χ3v) is 2.25. The Labute approximate surface area is 80.7 Å². The highest BCUT2D eigenvalue weighted by Crippen LogP contribution is 2.12. The van der Waals surface area contributed by atoms with Crippen LogP contribution in [-0.2, 0) is 6.42 Å². The van der Waals surface area contributed by atoms with Gasteiger partial charge in [0.05, 0.1) is 0 Å². The molecule has 0 aliphatic heterocycles. The fraction of sp³-hybridized carbons (Fsp3) is 0.333. The number of rotatable bonds is 3. The van der Waals surface area contributed by atoms with Crippen molar-refractivity contribution in [2.24, 2.45) is 0 Å². The minimum absolute atomic E-state index is 0.743. The van der Waals surface area contributed by atoms with Gasteiger partial charge in [0.1, 0.15) is 0 Å². The first-order chi connectivity index (χ1) is 5.33. The van der Waals surface area contributed by atoms with Crippen molar-refractivity contribution in [3.8, 4) is 0 Å². The first-order valence-corrected chi connectivity index (χ1v) is 4.96. The van der Waals surface area contributed by atoms with Crippen LogP contribution >= 0.6 is 27.5 Å². The van der Waals surface area contributed by atoms with E-state index in [1.165, 1.54) is 5.56 Å². The molecule has 0 unspecified atom stereocenters. The highest BCUT2D eigenvalue weighted by Gasteiger charge is 1.92. The molecule has 0 atom stereocenters. The number of hydrogen-bond acceptors (Lipinski definition) is 0. The number of hydrogen-bond donors (Lipinski definition) is 0. The van der Waals surface area contributed by atoms with Crippen LogP contribution < -0.4 is 0 Å². The fourth-order valence-electron chi connectivity index (χ4n) is 0.963. The van der Waals surface area contributed by atoms with Crippen LogP contribution in [-0.4, -0.2) is 5.88 Å². The Bertz CT molecular complexity index is 223. The number of alkyl halides is 1. The fourth-order valence-corrected chi connectivity index (χ4v) is 1.54. The Morgan fingerprint density at radius 1 is 1.36 bits per heavy atom. The second-order valence-electron chi connectivity index (χ2n) is 2.42. The normalized spacial score (nSPS) is 10.0. The summed E-state index contributed by atoms with van der Waals surface area (Å²) in [5.74, 6) is 0.743. The highest BCUT2D eigenvalue weighted by atomic mass is 79.9. The standard InChI is InChI=1S/C9H10BrCl/c10-9-5-1-3-8(7-9)4-2-6-11/h1,3,5,7H,2,4,6H2. The minimum atomic E-state index is 0.743. The van der Waals surface area contributed by atoms with E-state index < -0.39 is 0 Å². The van der Waals surface area contributed by atoms with Crippen LogP contribution in [0.4, 0.5) is 0 Å². The van der Waals surface area contributed by atoms with Gasteiger partial charge in [-0.15, -0.1) is 11.6 Å². The zero-order valence-corrected chi connectivity index (χ0v) is 8.53. The number of aryl methyl sites for hydroxylation is 1. The Hall–Kier alpha value is -0.0100. The average Bonchev–Trinajstić information content (AvgIpc) is 2.01.